The van der Waals surface area contributed by atoms with E-state index in [9.17, 15) is 18.0 Å². The summed E-state index contributed by atoms with van der Waals surface area (Å²) in [5.41, 5.74) is -0.220. The van der Waals surface area contributed by atoms with Crippen LogP contribution >= 0.6 is 0 Å². The third-order valence-electron chi connectivity index (χ3n) is 2.29. The number of allylic oxidation sites excluding steroid dienone is 2. The van der Waals surface area contributed by atoms with Crippen LogP contribution in [0.4, 0.5) is 13.2 Å². The first-order valence-corrected chi connectivity index (χ1v) is 5.38. The Morgan fingerprint density at radius 1 is 1.37 bits per heavy atom. The molecule has 0 atom stereocenters. The molecule has 0 unspecified atom stereocenters. The zero-order chi connectivity index (χ0) is 14.5. The summed E-state index contributed by atoms with van der Waals surface area (Å²) in [6.45, 7) is 3.48. The Kier molecular flexibility index (Phi) is 4.86. The number of ether oxygens (including phenoxy) is 1. The van der Waals surface area contributed by atoms with Gasteiger partial charge in [0, 0.05) is 11.3 Å². The largest absolute Gasteiger partial charge is 0.416 e. The molecule has 0 saturated carbocycles. The summed E-state index contributed by atoms with van der Waals surface area (Å²) in [4.78, 5) is 14.3. The highest BCUT2D eigenvalue weighted by Crippen LogP contribution is 2.29. The monoisotopic (exact) mass is 271 g/mol. The first kappa shape index (κ1) is 14.9. The standard InChI is InChI=1S/C13H12F3NO2/c1-3-9(2)17-12(19-8-18)10-5-4-6-11(7-10)13(14,15)16/h3-8H,1-2H3/b9-3-,17-12?. The van der Waals surface area contributed by atoms with Crippen molar-refractivity contribution >= 4 is 12.4 Å². The van der Waals surface area contributed by atoms with Crippen LogP contribution in [-0.4, -0.2) is 12.4 Å². The van der Waals surface area contributed by atoms with Crippen molar-refractivity contribution in [2.75, 3.05) is 0 Å². The van der Waals surface area contributed by atoms with Crippen LogP contribution in [0.3, 0.4) is 0 Å². The average molecular weight is 271 g/mol. The van der Waals surface area contributed by atoms with Gasteiger partial charge in [-0.05, 0) is 32.0 Å². The second-order valence-electron chi connectivity index (χ2n) is 3.64. The van der Waals surface area contributed by atoms with Gasteiger partial charge in [0.1, 0.15) is 0 Å². The molecule has 0 spiro atoms. The lowest BCUT2D eigenvalue weighted by Gasteiger charge is -2.09. The summed E-state index contributed by atoms with van der Waals surface area (Å²) < 4.78 is 42.4. The number of aliphatic imine (C=N–C) groups is 1. The Hall–Kier alpha value is -2.11. The molecule has 0 radical (unpaired) electrons. The Bertz CT molecular complexity index is 519. The molecule has 0 bridgehead atoms. The molecule has 3 nitrogen and oxygen atoms in total. The highest BCUT2D eigenvalue weighted by molar-refractivity contribution is 5.98. The molecule has 0 aliphatic heterocycles. The minimum absolute atomic E-state index is 0.0862. The number of benzene rings is 1. The summed E-state index contributed by atoms with van der Waals surface area (Å²) in [6, 6.07) is 4.43. The molecule has 0 N–H and O–H groups in total. The molecule has 0 saturated heterocycles. The van der Waals surface area contributed by atoms with Gasteiger partial charge in [-0.1, -0.05) is 12.1 Å². The fraction of sp³-hybridized carbons (Fsp3) is 0.231. The van der Waals surface area contributed by atoms with Crippen LogP contribution in [0.1, 0.15) is 25.0 Å². The molecule has 0 fully saturated rings. The lowest BCUT2D eigenvalue weighted by Crippen LogP contribution is -2.10. The first-order chi connectivity index (χ1) is 8.88. The van der Waals surface area contributed by atoms with E-state index in [0.717, 1.165) is 12.1 Å². The van der Waals surface area contributed by atoms with Crippen molar-refractivity contribution in [1.82, 2.24) is 0 Å². The molecule has 6 heteroatoms. The lowest BCUT2D eigenvalue weighted by atomic mass is 10.1. The first-order valence-electron chi connectivity index (χ1n) is 5.38. The highest BCUT2D eigenvalue weighted by Gasteiger charge is 2.30. The van der Waals surface area contributed by atoms with Gasteiger partial charge in [-0.25, -0.2) is 4.99 Å². The fourth-order valence-electron chi connectivity index (χ4n) is 1.26. The number of alkyl halides is 3. The third-order valence-corrected chi connectivity index (χ3v) is 2.29. The number of nitrogens with zero attached hydrogens (tertiary/aromatic N) is 1. The molecule has 1 rings (SSSR count). The van der Waals surface area contributed by atoms with E-state index in [0.29, 0.717) is 5.70 Å². The molecule has 0 heterocycles. The van der Waals surface area contributed by atoms with Gasteiger partial charge in [0.2, 0.25) is 5.90 Å². The van der Waals surface area contributed by atoms with E-state index in [-0.39, 0.29) is 17.9 Å². The van der Waals surface area contributed by atoms with Gasteiger partial charge in [-0.2, -0.15) is 13.2 Å². The number of hydrogen-bond donors (Lipinski definition) is 0. The van der Waals surface area contributed by atoms with Gasteiger partial charge >= 0.3 is 6.18 Å². The Morgan fingerprint density at radius 2 is 2.05 bits per heavy atom. The number of halogens is 3. The number of hydrogen-bond acceptors (Lipinski definition) is 3. The van der Waals surface area contributed by atoms with Gasteiger partial charge in [-0.3, -0.25) is 4.79 Å². The minimum atomic E-state index is -4.46. The summed E-state index contributed by atoms with van der Waals surface area (Å²) in [5.74, 6) is -0.170. The van der Waals surface area contributed by atoms with Gasteiger partial charge in [0.05, 0.1) is 5.56 Å². The van der Waals surface area contributed by atoms with E-state index in [1.54, 1.807) is 19.9 Å². The third kappa shape index (κ3) is 4.24. The lowest BCUT2D eigenvalue weighted by molar-refractivity contribution is -0.137. The Labute approximate surface area is 108 Å². The Balaban J connectivity index is 3.24. The van der Waals surface area contributed by atoms with Crippen LogP contribution in [-0.2, 0) is 15.7 Å². The van der Waals surface area contributed by atoms with Gasteiger partial charge in [0.15, 0.2) is 0 Å². The summed E-state index contributed by atoms with van der Waals surface area (Å²) in [6.07, 6.45) is -2.82. The van der Waals surface area contributed by atoms with Crippen LogP contribution in [0, 0.1) is 0 Å². The van der Waals surface area contributed by atoms with E-state index in [1.165, 1.54) is 12.1 Å². The second kappa shape index (κ2) is 6.17. The van der Waals surface area contributed by atoms with Crippen molar-refractivity contribution < 1.29 is 22.7 Å². The highest BCUT2D eigenvalue weighted by atomic mass is 19.4. The topological polar surface area (TPSA) is 38.7 Å². The maximum absolute atomic E-state index is 12.6. The predicted molar refractivity (Wildman–Crippen MR) is 64.6 cm³/mol. The maximum Gasteiger partial charge on any atom is 0.416 e. The predicted octanol–water partition coefficient (Wildman–Crippen LogP) is 3.55. The van der Waals surface area contributed by atoms with Gasteiger partial charge in [0.25, 0.3) is 6.47 Å². The zero-order valence-electron chi connectivity index (χ0n) is 10.4. The zero-order valence-corrected chi connectivity index (χ0v) is 10.4. The van der Waals surface area contributed by atoms with E-state index in [1.807, 2.05) is 0 Å². The van der Waals surface area contributed by atoms with E-state index < -0.39 is 11.7 Å². The summed E-state index contributed by atoms with van der Waals surface area (Å²) in [7, 11) is 0. The number of rotatable bonds is 3. The molecular formula is C13H12F3NO2. The minimum Gasteiger partial charge on any atom is -0.409 e. The maximum atomic E-state index is 12.6. The molecule has 0 aliphatic carbocycles. The fourth-order valence-corrected chi connectivity index (χ4v) is 1.26. The number of carbonyl (C=O) groups is 1. The smallest absolute Gasteiger partial charge is 0.409 e. The van der Waals surface area contributed by atoms with Crippen molar-refractivity contribution in [2.45, 2.75) is 20.0 Å². The van der Waals surface area contributed by atoms with Crippen LogP contribution < -0.4 is 0 Å². The van der Waals surface area contributed by atoms with Gasteiger partial charge < -0.3 is 4.74 Å². The molecular weight excluding hydrogens is 259 g/mol. The van der Waals surface area contributed by atoms with Crippen LogP contribution in [0.15, 0.2) is 41.0 Å². The SMILES string of the molecule is C/C=C(/C)N=C(OC=O)c1cccc(C(F)(F)F)c1. The second-order valence-corrected chi connectivity index (χ2v) is 3.64. The number of carbonyl (C=O) groups excluding carboxylic acids is 1. The molecule has 0 aromatic heterocycles. The summed E-state index contributed by atoms with van der Waals surface area (Å²) in [5, 5.41) is 0. The van der Waals surface area contributed by atoms with Crippen molar-refractivity contribution in [3.63, 3.8) is 0 Å². The van der Waals surface area contributed by atoms with Crippen molar-refractivity contribution in [3.8, 4) is 0 Å². The molecule has 102 valence electrons. The van der Waals surface area contributed by atoms with Crippen molar-refractivity contribution in [2.24, 2.45) is 4.99 Å². The van der Waals surface area contributed by atoms with Crippen LogP contribution in [0.5, 0.6) is 0 Å². The molecule has 1 aromatic rings. The summed E-state index contributed by atoms with van der Waals surface area (Å²) >= 11 is 0. The quantitative estimate of drug-likeness (QED) is 0.479. The van der Waals surface area contributed by atoms with Crippen LogP contribution in [0.2, 0.25) is 0 Å². The van der Waals surface area contributed by atoms with Crippen LogP contribution in [0.25, 0.3) is 0 Å². The molecule has 0 aliphatic rings. The average Bonchev–Trinajstić information content (AvgIpc) is 2.37. The van der Waals surface area contributed by atoms with Crippen molar-refractivity contribution in [3.05, 3.63) is 47.2 Å². The molecule has 19 heavy (non-hydrogen) atoms. The van der Waals surface area contributed by atoms with Crippen molar-refractivity contribution in [1.29, 1.82) is 0 Å². The molecule has 0 amide bonds. The van der Waals surface area contributed by atoms with E-state index in [2.05, 4.69) is 9.73 Å². The van der Waals surface area contributed by atoms with Gasteiger partial charge in [-0.15, -0.1) is 0 Å². The molecule has 1 aromatic carbocycles. The normalized spacial score (nSPS) is 13.3. The van der Waals surface area contributed by atoms with E-state index in [4.69, 9.17) is 0 Å². The Morgan fingerprint density at radius 3 is 2.58 bits per heavy atom. The van der Waals surface area contributed by atoms with E-state index >= 15 is 0 Å².